The van der Waals surface area contributed by atoms with Crippen LogP contribution in [0.15, 0.2) is 35.2 Å². The van der Waals surface area contributed by atoms with Crippen molar-refractivity contribution in [3.63, 3.8) is 0 Å². The van der Waals surface area contributed by atoms with Crippen molar-refractivity contribution < 1.29 is 13.2 Å². The molecule has 0 saturated carbocycles. The highest BCUT2D eigenvalue weighted by atomic mass is 32.2. The summed E-state index contributed by atoms with van der Waals surface area (Å²) in [6.07, 6.45) is 6.90. The lowest BCUT2D eigenvalue weighted by molar-refractivity contribution is -0.133. The lowest BCUT2D eigenvalue weighted by Gasteiger charge is -2.34. The van der Waals surface area contributed by atoms with E-state index in [1.807, 2.05) is 26.0 Å². The molecule has 1 saturated heterocycles. The summed E-state index contributed by atoms with van der Waals surface area (Å²) in [5, 5.41) is 0. The molecule has 25 heavy (non-hydrogen) atoms. The minimum atomic E-state index is -3.50. The van der Waals surface area contributed by atoms with Gasteiger partial charge in [0.15, 0.2) is 0 Å². The molecule has 136 valence electrons. The van der Waals surface area contributed by atoms with Gasteiger partial charge in [-0.2, -0.15) is 4.31 Å². The van der Waals surface area contributed by atoms with Crippen LogP contribution in [0.4, 0.5) is 0 Å². The fourth-order valence-electron chi connectivity index (χ4n) is 3.62. The van der Waals surface area contributed by atoms with Gasteiger partial charge in [0.25, 0.3) is 0 Å². The third-order valence-corrected chi connectivity index (χ3v) is 7.15. The highest BCUT2D eigenvalue weighted by Crippen LogP contribution is 2.24. The van der Waals surface area contributed by atoms with Crippen molar-refractivity contribution in [2.75, 3.05) is 26.2 Å². The van der Waals surface area contributed by atoms with Crippen LogP contribution in [0.3, 0.4) is 0 Å². The highest BCUT2D eigenvalue weighted by molar-refractivity contribution is 7.89. The Morgan fingerprint density at radius 3 is 2.48 bits per heavy atom. The Bertz CT molecular complexity index is 778. The van der Waals surface area contributed by atoms with Crippen molar-refractivity contribution in [2.45, 2.75) is 38.0 Å². The van der Waals surface area contributed by atoms with Gasteiger partial charge in [0.1, 0.15) is 0 Å². The van der Waals surface area contributed by atoms with E-state index in [4.69, 9.17) is 0 Å². The predicted molar refractivity (Wildman–Crippen MR) is 97.7 cm³/mol. The summed E-state index contributed by atoms with van der Waals surface area (Å²) < 4.78 is 27.3. The number of aryl methyl sites for hydroxylation is 2. The van der Waals surface area contributed by atoms with Crippen molar-refractivity contribution in [1.82, 2.24) is 9.21 Å². The predicted octanol–water partition coefficient (Wildman–Crippen LogP) is 2.49. The molecular formula is C19H26N2O3S. The first-order valence-corrected chi connectivity index (χ1v) is 10.3. The minimum absolute atomic E-state index is 0.139. The van der Waals surface area contributed by atoms with E-state index in [1.54, 1.807) is 11.0 Å². The van der Waals surface area contributed by atoms with E-state index in [1.165, 1.54) is 4.31 Å². The van der Waals surface area contributed by atoms with Crippen molar-refractivity contribution >= 4 is 15.9 Å². The average Bonchev–Trinajstić information content (AvgIpc) is 3.07. The first-order chi connectivity index (χ1) is 11.9. The van der Waals surface area contributed by atoms with Crippen LogP contribution in [0.2, 0.25) is 0 Å². The van der Waals surface area contributed by atoms with Crippen LogP contribution >= 0.6 is 0 Å². The fraction of sp³-hybridized carbons (Fsp3) is 0.526. The van der Waals surface area contributed by atoms with E-state index in [0.29, 0.717) is 43.4 Å². The Morgan fingerprint density at radius 1 is 1.16 bits per heavy atom. The van der Waals surface area contributed by atoms with Crippen LogP contribution in [0.25, 0.3) is 0 Å². The number of benzene rings is 1. The molecule has 1 fully saturated rings. The molecule has 1 heterocycles. The summed E-state index contributed by atoms with van der Waals surface area (Å²) in [6.45, 7) is 5.45. The summed E-state index contributed by atoms with van der Waals surface area (Å²) >= 11 is 0. The molecule has 0 unspecified atom stereocenters. The molecule has 5 nitrogen and oxygen atoms in total. The third-order valence-electron chi connectivity index (χ3n) is 5.09. The molecule has 6 heteroatoms. The van der Waals surface area contributed by atoms with Crippen molar-refractivity contribution in [3.05, 3.63) is 41.5 Å². The molecule has 0 spiro atoms. The Hall–Kier alpha value is -1.66. The van der Waals surface area contributed by atoms with E-state index in [2.05, 4.69) is 12.2 Å². The van der Waals surface area contributed by atoms with Crippen LogP contribution in [-0.4, -0.2) is 49.7 Å². The number of sulfonamides is 1. The Kier molecular flexibility index (Phi) is 5.29. The number of carbonyl (C=O) groups is 1. The molecule has 1 aliphatic heterocycles. The standard InChI is InChI=1S/C19H26N2O3S/c1-15-7-8-18(16(2)13-15)25(23,24)21-11-9-20(10-12-21)19(22)14-17-5-3-4-6-17/h3,5,7-8,13,17H,4,6,9-12,14H2,1-2H3/t17-/m1/s1. The normalized spacial score (nSPS) is 21.7. The monoisotopic (exact) mass is 362 g/mol. The summed E-state index contributed by atoms with van der Waals surface area (Å²) in [7, 11) is -3.50. The molecule has 1 aliphatic carbocycles. The lowest BCUT2D eigenvalue weighted by atomic mass is 10.0. The van der Waals surface area contributed by atoms with E-state index < -0.39 is 10.0 Å². The summed E-state index contributed by atoms with van der Waals surface area (Å²) in [5.41, 5.74) is 1.82. The van der Waals surface area contributed by atoms with Gasteiger partial charge in [-0.1, -0.05) is 29.8 Å². The van der Waals surface area contributed by atoms with Gasteiger partial charge >= 0.3 is 0 Å². The van der Waals surface area contributed by atoms with Gasteiger partial charge < -0.3 is 4.90 Å². The number of nitrogens with zero attached hydrogens (tertiary/aromatic N) is 2. The minimum Gasteiger partial charge on any atom is -0.340 e. The largest absolute Gasteiger partial charge is 0.340 e. The summed E-state index contributed by atoms with van der Waals surface area (Å²) in [4.78, 5) is 14.6. The number of hydrogen-bond acceptors (Lipinski definition) is 3. The molecule has 1 amide bonds. The summed E-state index contributed by atoms with van der Waals surface area (Å²) in [6, 6.07) is 5.40. The third kappa shape index (κ3) is 3.96. The maximum atomic E-state index is 12.9. The first kappa shape index (κ1) is 18.1. The van der Waals surface area contributed by atoms with Crippen molar-refractivity contribution in [1.29, 1.82) is 0 Å². The van der Waals surface area contributed by atoms with Gasteiger partial charge in [-0.3, -0.25) is 4.79 Å². The van der Waals surface area contributed by atoms with Gasteiger partial charge in [0, 0.05) is 32.6 Å². The number of amides is 1. The van der Waals surface area contributed by atoms with Gasteiger partial charge in [-0.05, 0) is 44.2 Å². The first-order valence-electron chi connectivity index (χ1n) is 8.90. The second kappa shape index (κ2) is 7.30. The lowest BCUT2D eigenvalue weighted by Crippen LogP contribution is -2.50. The highest BCUT2D eigenvalue weighted by Gasteiger charge is 2.31. The molecule has 2 aliphatic rings. The maximum absolute atomic E-state index is 12.9. The van der Waals surface area contributed by atoms with E-state index in [0.717, 1.165) is 24.0 Å². The molecule has 0 aromatic heterocycles. The Labute approximate surface area is 150 Å². The van der Waals surface area contributed by atoms with Crippen LogP contribution in [0.5, 0.6) is 0 Å². The van der Waals surface area contributed by atoms with E-state index in [9.17, 15) is 13.2 Å². The number of carbonyl (C=O) groups excluding carboxylic acids is 1. The number of piperazine rings is 1. The van der Waals surface area contributed by atoms with E-state index >= 15 is 0 Å². The zero-order valence-electron chi connectivity index (χ0n) is 14.9. The molecule has 0 N–H and O–H groups in total. The Balaban J connectivity index is 1.63. The smallest absolute Gasteiger partial charge is 0.243 e. The zero-order valence-corrected chi connectivity index (χ0v) is 15.8. The molecule has 1 aromatic rings. The SMILES string of the molecule is Cc1ccc(S(=O)(=O)N2CCN(C(=O)C[C@@H]3C=CCC3)CC2)c(C)c1. The number of hydrogen-bond donors (Lipinski definition) is 0. The van der Waals surface area contributed by atoms with Crippen molar-refractivity contribution in [3.8, 4) is 0 Å². The quantitative estimate of drug-likeness (QED) is 0.773. The van der Waals surface area contributed by atoms with Crippen LogP contribution in [0, 0.1) is 19.8 Å². The Morgan fingerprint density at radius 2 is 1.88 bits per heavy atom. The average molecular weight is 362 g/mol. The molecule has 1 atom stereocenters. The second-order valence-electron chi connectivity index (χ2n) is 7.02. The van der Waals surface area contributed by atoms with Crippen LogP contribution in [0.1, 0.15) is 30.4 Å². The van der Waals surface area contributed by atoms with Gasteiger partial charge in [0.2, 0.25) is 15.9 Å². The molecule has 0 bridgehead atoms. The van der Waals surface area contributed by atoms with E-state index in [-0.39, 0.29) is 5.91 Å². The van der Waals surface area contributed by atoms with Crippen LogP contribution in [-0.2, 0) is 14.8 Å². The number of rotatable bonds is 4. The maximum Gasteiger partial charge on any atom is 0.243 e. The molecular weight excluding hydrogens is 336 g/mol. The topological polar surface area (TPSA) is 57.7 Å². The van der Waals surface area contributed by atoms with Crippen LogP contribution < -0.4 is 0 Å². The fourth-order valence-corrected chi connectivity index (χ4v) is 5.25. The van der Waals surface area contributed by atoms with Crippen molar-refractivity contribution in [2.24, 2.45) is 5.92 Å². The molecule has 3 rings (SSSR count). The number of allylic oxidation sites excluding steroid dienone is 2. The van der Waals surface area contributed by atoms with Gasteiger partial charge in [0.05, 0.1) is 4.90 Å². The van der Waals surface area contributed by atoms with Gasteiger partial charge in [-0.15, -0.1) is 0 Å². The summed E-state index contributed by atoms with van der Waals surface area (Å²) in [5.74, 6) is 0.490. The second-order valence-corrected chi connectivity index (χ2v) is 8.93. The molecule has 0 radical (unpaired) electrons. The van der Waals surface area contributed by atoms with Gasteiger partial charge in [-0.25, -0.2) is 8.42 Å². The molecule has 1 aromatic carbocycles. The zero-order chi connectivity index (χ0) is 18.0.